The van der Waals surface area contributed by atoms with E-state index < -0.39 is 0 Å². The zero-order valence-corrected chi connectivity index (χ0v) is 10.5. The molecule has 1 fully saturated rings. The van der Waals surface area contributed by atoms with Crippen molar-refractivity contribution in [2.24, 2.45) is 0 Å². The highest BCUT2D eigenvalue weighted by Gasteiger charge is 2.31. The number of nitrogens with zero attached hydrogens (tertiary/aromatic N) is 1. The molecule has 1 aromatic carbocycles. The first-order valence-corrected chi connectivity index (χ1v) is 6.27. The van der Waals surface area contributed by atoms with Crippen LogP contribution in [0.15, 0.2) is 24.3 Å². The highest BCUT2D eigenvalue weighted by atomic mass is 16.2. The Kier molecular flexibility index (Phi) is 4.01. The highest BCUT2D eigenvalue weighted by molar-refractivity contribution is 5.94. The average molecular weight is 243 g/mol. The Balaban J connectivity index is 2.10. The third kappa shape index (κ3) is 2.91. The molecule has 1 aliphatic rings. The van der Waals surface area contributed by atoms with E-state index in [2.05, 4.69) is 11.8 Å². The first kappa shape index (κ1) is 12.7. The normalized spacial score (nSPS) is 13.7. The minimum absolute atomic E-state index is 0.0988. The molecule has 0 aromatic heterocycles. The molecular formula is C15H17NO2. The van der Waals surface area contributed by atoms with E-state index in [9.17, 15) is 4.79 Å². The molecule has 0 aliphatic heterocycles. The lowest BCUT2D eigenvalue weighted by atomic mass is 10.1. The van der Waals surface area contributed by atoms with Gasteiger partial charge in [0.15, 0.2) is 0 Å². The molecule has 1 aliphatic carbocycles. The number of rotatable bonds is 3. The molecule has 94 valence electrons. The molecule has 2 rings (SSSR count). The topological polar surface area (TPSA) is 40.5 Å². The lowest BCUT2D eigenvalue weighted by Gasteiger charge is -2.20. The second kappa shape index (κ2) is 5.70. The van der Waals surface area contributed by atoms with E-state index >= 15 is 0 Å². The summed E-state index contributed by atoms with van der Waals surface area (Å²) in [6.07, 6.45) is 2.25. The Bertz CT molecular complexity index is 477. The summed E-state index contributed by atoms with van der Waals surface area (Å²) >= 11 is 0. The summed E-state index contributed by atoms with van der Waals surface area (Å²) in [6.45, 7) is 2.62. The SMILES string of the molecule is CCN(C(=O)c1ccc(C#CCO)cc1)C1CC1. The van der Waals surface area contributed by atoms with Gasteiger partial charge in [-0.15, -0.1) is 0 Å². The number of benzene rings is 1. The second-order valence-corrected chi connectivity index (χ2v) is 4.36. The molecule has 1 aromatic rings. The van der Waals surface area contributed by atoms with E-state index in [1.165, 1.54) is 0 Å². The van der Waals surface area contributed by atoms with Gasteiger partial charge in [0.25, 0.3) is 5.91 Å². The number of aliphatic hydroxyl groups excluding tert-OH is 1. The molecule has 3 heteroatoms. The van der Waals surface area contributed by atoms with Crippen molar-refractivity contribution in [1.29, 1.82) is 0 Å². The lowest BCUT2D eigenvalue weighted by Crippen LogP contribution is -2.32. The van der Waals surface area contributed by atoms with Crippen LogP contribution in [0.2, 0.25) is 0 Å². The van der Waals surface area contributed by atoms with Crippen molar-refractivity contribution in [3.63, 3.8) is 0 Å². The van der Waals surface area contributed by atoms with Crippen LogP contribution in [0.25, 0.3) is 0 Å². The molecule has 0 saturated heterocycles. The summed E-state index contributed by atoms with van der Waals surface area (Å²) in [7, 11) is 0. The summed E-state index contributed by atoms with van der Waals surface area (Å²) in [5.74, 6) is 5.50. The molecule has 1 N–H and O–H groups in total. The van der Waals surface area contributed by atoms with E-state index in [1.54, 1.807) is 12.1 Å². The van der Waals surface area contributed by atoms with Crippen LogP contribution in [0.3, 0.4) is 0 Å². The molecule has 0 heterocycles. The maximum atomic E-state index is 12.2. The van der Waals surface area contributed by atoms with Crippen LogP contribution in [-0.2, 0) is 0 Å². The molecule has 0 atom stereocenters. The maximum Gasteiger partial charge on any atom is 0.254 e. The van der Waals surface area contributed by atoms with Crippen molar-refractivity contribution in [3.05, 3.63) is 35.4 Å². The van der Waals surface area contributed by atoms with Gasteiger partial charge in [-0.1, -0.05) is 11.8 Å². The standard InChI is InChI=1S/C15H17NO2/c1-2-16(14-9-10-14)15(18)13-7-5-12(6-8-13)4-3-11-17/h5-8,14,17H,2,9-11H2,1H3. The van der Waals surface area contributed by atoms with Crippen LogP contribution in [0, 0.1) is 11.8 Å². The van der Waals surface area contributed by atoms with Gasteiger partial charge in [0.1, 0.15) is 6.61 Å². The first-order valence-electron chi connectivity index (χ1n) is 6.27. The third-order valence-corrected chi connectivity index (χ3v) is 3.03. The summed E-state index contributed by atoms with van der Waals surface area (Å²) in [5, 5.41) is 8.61. The van der Waals surface area contributed by atoms with E-state index in [0.29, 0.717) is 11.6 Å². The first-order chi connectivity index (χ1) is 8.76. The predicted molar refractivity (Wildman–Crippen MR) is 70.1 cm³/mol. The van der Waals surface area contributed by atoms with Crippen LogP contribution in [0.1, 0.15) is 35.7 Å². The number of carbonyl (C=O) groups excluding carboxylic acids is 1. The van der Waals surface area contributed by atoms with Gasteiger partial charge < -0.3 is 10.0 Å². The van der Waals surface area contributed by atoms with Crippen molar-refractivity contribution < 1.29 is 9.90 Å². The van der Waals surface area contributed by atoms with Crippen LogP contribution < -0.4 is 0 Å². The van der Waals surface area contributed by atoms with Crippen molar-refractivity contribution >= 4 is 5.91 Å². The van der Waals surface area contributed by atoms with Gasteiger partial charge in [0.05, 0.1) is 0 Å². The smallest absolute Gasteiger partial charge is 0.254 e. The van der Waals surface area contributed by atoms with E-state index in [0.717, 1.165) is 24.9 Å². The third-order valence-electron chi connectivity index (χ3n) is 3.03. The Hall–Kier alpha value is -1.79. The number of carbonyl (C=O) groups is 1. The monoisotopic (exact) mass is 243 g/mol. The van der Waals surface area contributed by atoms with Crippen LogP contribution in [0.5, 0.6) is 0 Å². The summed E-state index contributed by atoms with van der Waals surface area (Å²) in [4.78, 5) is 14.2. The predicted octanol–water partition coefficient (Wildman–Crippen LogP) is 1.65. The van der Waals surface area contributed by atoms with Gasteiger partial charge >= 0.3 is 0 Å². The lowest BCUT2D eigenvalue weighted by molar-refractivity contribution is 0.0752. The zero-order valence-electron chi connectivity index (χ0n) is 10.5. The Morgan fingerprint density at radius 1 is 1.39 bits per heavy atom. The Labute approximate surface area is 107 Å². The van der Waals surface area contributed by atoms with Gasteiger partial charge in [0.2, 0.25) is 0 Å². The number of hydrogen-bond donors (Lipinski definition) is 1. The van der Waals surface area contributed by atoms with Crippen LogP contribution in [0.4, 0.5) is 0 Å². The molecule has 0 unspecified atom stereocenters. The molecule has 0 spiro atoms. The van der Waals surface area contributed by atoms with Gasteiger partial charge in [-0.25, -0.2) is 0 Å². The number of hydrogen-bond acceptors (Lipinski definition) is 2. The van der Waals surface area contributed by atoms with Crippen molar-refractivity contribution in [2.45, 2.75) is 25.8 Å². The quantitative estimate of drug-likeness (QED) is 0.820. The second-order valence-electron chi connectivity index (χ2n) is 4.36. The van der Waals surface area contributed by atoms with Gasteiger partial charge in [-0.2, -0.15) is 0 Å². The zero-order chi connectivity index (χ0) is 13.0. The van der Waals surface area contributed by atoms with E-state index in [-0.39, 0.29) is 12.5 Å². The largest absolute Gasteiger partial charge is 0.384 e. The van der Waals surface area contributed by atoms with Crippen LogP contribution in [-0.4, -0.2) is 35.1 Å². The van der Waals surface area contributed by atoms with Gasteiger partial charge in [-0.3, -0.25) is 4.79 Å². The van der Waals surface area contributed by atoms with Crippen molar-refractivity contribution in [3.8, 4) is 11.8 Å². The minimum Gasteiger partial charge on any atom is -0.384 e. The van der Waals surface area contributed by atoms with Crippen molar-refractivity contribution in [1.82, 2.24) is 4.90 Å². The van der Waals surface area contributed by atoms with Gasteiger partial charge in [-0.05, 0) is 44.0 Å². The van der Waals surface area contributed by atoms with Crippen LogP contribution >= 0.6 is 0 Å². The summed E-state index contributed by atoms with van der Waals surface area (Å²) < 4.78 is 0. The molecule has 3 nitrogen and oxygen atoms in total. The molecule has 1 amide bonds. The summed E-state index contributed by atoms with van der Waals surface area (Å²) in [6, 6.07) is 7.67. The van der Waals surface area contributed by atoms with Gasteiger partial charge in [0, 0.05) is 23.7 Å². The molecule has 0 bridgehead atoms. The fraction of sp³-hybridized carbons (Fsp3) is 0.400. The van der Waals surface area contributed by atoms with E-state index in [1.807, 2.05) is 24.0 Å². The number of aliphatic hydroxyl groups is 1. The summed E-state index contributed by atoms with van der Waals surface area (Å²) in [5.41, 5.74) is 1.52. The van der Waals surface area contributed by atoms with E-state index in [4.69, 9.17) is 5.11 Å². The number of amides is 1. The average Bonchev–Trinajstić information content (AvgIpc) is 3.22. The Morgan fingerprint density at radius 3 is 2.56 bits per heavy atom. The van der Waals surface area contributed by atoms with Crippen molar-refractivity contribution in [2.75, 3.05) is 13.2 Å². The maximum absolute atomic E-state index is 12.2. The minimum atomic E-state index is -0.147. The molecule has 1 saturated carbocycles. The molecule has 0 radical (unpaired) electrons. The Morgan fingerprint density at radius 2 is 2.06 bits per heavy atom. The fourth-order valence-corrected chi connectivity index (χ4v) is 1.96. The fourth-order valence-electron chi connectivity index (χ4n) is 1.96. The molecule has 18 heavy (non-hydrogen) atoms. The molecular weight excluding hydrogens is 226 g/mol. The highest BCUT2D eigenvalue weighted by Crippen LogP contribution is 2.27.